The standard InChI is InChI=1S/C28H33FN6O3/c1-6-19(21-8-7-9-23(29)17(21)3)13-25(36)35-26(28(38)34(5)20-14-31-33(4)15-20)22(27(35)37)11-18-10-16(2)32-24(30)12-18/h7-10,12,14-15,19,22,26H,6,11,13H2,1-5H3,(H2,30,32)/t19-,22+,26-/m0/s1. The number of likely N-dealkylation sites (tertiary alicyclic amines) is 1. The maximum absolute atomic E-state index is 14.2. The fraction of sp³-hybridized carbons (Fsp3) is 0.393. The summed E-state index contributed by atoms with van der Waals surface area (Å²) >= 11 is 0. The minimum atomic E-state index is -0.985. The molecule has 200 valence electrons. The second-order valence-corrected chi connectivity index (χ2v) is 9.93. The molecule has 1 aromatic carbocycles. The number of anilines is 2. The third kappa shape index (κ3) is 5.16. The van der Waals surface area contributed by atoms with Crippen molar-refractivity contribution in [1.29, 1.82) is 0 Å². The lowest BCUT2D eigenvalue weighted by atomic mass is 9.80. The molecule has 3 amide bonds. The number of aromatic nitrogens is 3. The first kappa shape index (κ1) is 27.0. The average molecular weight is 521 g/mol. The number of carbonyl (C=O) groups excluding carboxylic acids is 3. The highest BCUT2D eigenvalue weighted by Gasteiger charge is 2.55. The third-order valence-corrected chi connectivity index (χ3v) is 7.30. The molecule has 3 atom stereocenters. The molecule has 0 unspecified atom stereocenters. The number of carbonyl (C=O) groups is 3. The van der Waals surface area contributed by atoms with Gasteiger partial charge < -0.3 is 10.6 Å². The van der Waals surface area contributed by atoms with Crippen LogP contribution in [0.4, 0.5) is 15.9 Å². The second kappa shape index (κ2) is 10.7. The molecule has 0 spiro atoms. The van der Waals surface area contributed by atoms with Gasteiger partial charge in [0.1, 0.15) is 17.7 Å². The van der Waals surface area contributed by atoms with E-state index in [2.05, 4.69) is 10.1 Å². The molecule has 3 heterocycles. The highest BCUT2D eigenvalue weighted by atomic mass is 19.1. The highest BCUT2D eigenvalue weighted by molar-refractivity contribution is 6.12. The summed E-state index contributed by atoms with van der Waals surface area (Å²) in [6, 6.07) is 7.31. The van der Waals surface area contributed by atoms with E-state index in [1.165, 1.54) is 11.0 Å². The van der Waals surface area contributed by atoms with Gasteiger partial charge in [-0.1, -0.05) is 19.1 Å². The zero-order valence-corrected chi connectivity index (χ0v) is 22.3. The number of hydrogen-bond donors (Lipinski definition) is 1. The van der Waals surface area contributed by atoms with E-state index in [4.69, 9.17) is 5.73 Å². The van der Waals surface area contributed by atoms with Gasteiger partial charge in [-0.25, -0.2) is 9.37 Å². The molecule has 3 aromatic rings. The molecule has 4 rings (SSSR count). The summed E-state index contributed by atoms with van der Waals surface area (Å²) in [5, 5.41) is 4.12. The van der Waals surface area contributed by atoms with Gasteiger partial charge in [0.2, 0.25) is 11.8 Å². The molecule has 10 heteroatoms. The number of rotatable bonds is 8. The molecular formula is C28H33FN6O3. The molecule has 1 saturated heterocycles. The Morgan fingerprint density at radius 3 is 2.61 bits per heavy atom. The molecule has 9 nitrogen and oxygen atoms in total. The van der Waals surface area contributed by atoms with Crippen molar-refractivity contribution < 1.29 is 18.8 Å². The Morgan fingerprint density at radius 1 is 1.24 bits per heavy atom. The van der Waals surface area contributed by atoms with Crippen molar-refractivity contribution in [2.24, 2.45) is 13.0 Å². The van der Waals surface area contributed by atoms with Crippen LogP contribution >= 0.6 is 0 Å². The van der Waals surface area contributed by atoms with Gasteiger partial charge in [-0.15, -0.1) is 0 Å². The zero-order valence-electron chi connectivity index (χ0n) is 22.3. The number of amides is 3. The van der Waals surface area contributed by atoms with E-state index in [0.717, 1.165) is 16.0 Å². The van der Waals surface area contributed by atoms with E-state index in [9.17, 15) is 18.8 Å². The first-order chi connectivity index (χ1) is 18.0. The summed E-state index contributed by atoms with van der Waals surface area (Å²) in [4.78, 5) is 47.3. The van der Waals surface area contributed by atoms with Crippen molar-refractivity contribution in [3.8, 4) is 0 Å². The molecule has 38 heavy (non-hydrogen) atoms. The zero-order chi connectivity index (χ0) is 27.7. The molecule has 2 aromatic heterocycles. The quantitative estimate of drug-likeness (QED) is 0.456. The number of nitrogens with two attached hydrogens (primary N) is 1. The normalized spacial score (nSPS) is 17.7. The Morgan fingerprint density at radius 2 is 1.97 bits per heavy atom. The van der Waals surface area contributed by atoms with Gasteiger partial charge in [0.15, 0.2) is 0 Å². The third-order valence-electron chi connectivity index (χ3n) is 7.30. The van der Waals surface area contributed by atoms with Gasteiger partial charge in [-0.05, 0) is 67.5 Å². The number of aryl methyl sites for hydroxylation is 2. The summed E-state index contributed by atoms with van der Waals surface area (Å²) in [6.07, 6.45) is 4.04. The fourth-order valence-corrected chi connectivity index (χ4v) is 5.20. The van der Waals surface area contributed by atoms with Crippen molar-refractivity contribution in [3.63, 3.8) is 0 Å². The molecule has 0 bridgehead atoms. The monoisotopic (exact) mass is 520 g/mol. The van der Waals surface area contributed by atoms with Gasteiger partial charge in [0.25, 0.3) is 5.91 Å². The smallest absolute Gasteiger partial charge is 0.250 e. The van der Waals surface area contributed by atoms with Crippen molar-refractivity contribution in [2.45, 2.75) is 52.0 Å². The highest BCUT2D eigenvalue weighted by Crippen LogP contribution is 2.36. The topological polar surface area (TPSA) is 114 Å². The van der Waals surface area contributed by atoms with Crippen molar-refractivity contribution in [3.05, 3.63) is 70.9 Å². The predicted octanol–water partition coefficient (Wildman–Crippen LogP) is 3.30. The maximum atomic E-state index is 14.2. The lowest BCUT2D eigenvalue weighted by molar-refractivity contribution is -0.170. The molecule has 1 aliphatic rings. The predicted molar refractivity (Wildman–Crippen MR) is 142 cm³/mol. The van der Waals surface area contributed by atoms with Crippen LogP contribution in [-0.4, -0.2) is 50.5 Å². The maximum Gasteiger partial charge on any atom is 0.250 e. The van der Waals surface area contributed by atoms with Crippen molar-refractivity contribution in [1.82, 2.24) is 19.7 Å². The Bertz CT molecular complexity index is 1370. The van der Waals surface area contributed by atoms with Crippen LogP contribution in [0.15, 0.2) is 42.7 Å². The number of nitrogens with zero attached hydrogens (tertiary/aromatic N) is 5. The van der Waals surface area contributed by atoms with E-state index in [0.29, 0.717) is 29.2 Å². The van der Waals surface area contributed by atoms with Gasteiger partial charge in [0.05, 0.1) is 17.8 Å². The number of imide groups is 1. The fourth-order valence-electron chi connectivity index (χ4n) is 5.20. The number of halogens is 1. The van der Waals surface area contributed by atoms with Crippen LogP contribution in [0.5, 0.6) is 0 Å². The van der Waals surface area contributed by atoms with Crippen LogP contribution in [0.1, 0.15) is 48.1 Å². The second-order valence-electron chi connectivity index (χ2n) is 9.93. The summed E-state index contributed by atoms with van der Waals surface area (Å²) in [5.41, 5.74) is 9.13. The largest absolute Gasteiger partial charge is 0.384 e. The first-order valence-electron chi connectivity index (χ1n) is 12.6. The molecule has 0 aliphatic carbocycles. The number of pyridine rings is 1. The number of nitrogen functional groups attached to an aromatic ring is 1. The lowest BCUT2D eigenvalue weighted by Gasteiger charge is -2.46. The summed E-state index contributed by atoms with van der Waals surface area (Å²) in [6.45, 7) is 5.40. The van der Waals surface area contributed by atoms with E-state index < -0.39 is 23.8 Å². The molecule has 1 aliphatic heterocycles. The Hall–Kier alpha value is -4.08. The number of β-lactam (4-membered cyclic amide) rings is 1. The summed E-state index contributed by atoms with van der Waals surface area (Å²) in [5.74, 6) is -2.29. The van der Waals surface area contributed by atoms with Crippen LogP contribution in [0.25, 0.3) is 0 Å². The van der Waals surface area contributed by atoms with E-state index >= 15 is 0 Å². The van der Waals surface area contributed by atoms with Crippen molar-refractivity contribution >= 4 is 29.2 Å². The average Bonchev–Trinajstić information content (AvgIpc) is 3.30. The molecule has 1 fully saturated rings. The minimum Gasteiger partial charge on any atom is -0.384 e. The molecule has 2 N–H and O–H groups in total. The summed E-state index contributed by atoms with van der Waals surface area (Å²) < 4.78 is 15.8. The van der Waals surface area contributed by atoms with Gasteiger partial charge >= 0.3 is 0 Å². The molecular weight excluding hydrogens is 487 g/mol. The van der Waals surface area contributed by atoms with Gasteiger partial charge in [-0.3, -0.25) is 24.0 Å². The van der Waals surface area contributed by atoms with Crippen LogP contribution in [0.3, 0.4) is 0 Å². The van der Waals surface area contributed by atoms with E-state index in [1.54, 1.807) is 63.2 Å². The molecule has 0 radical (unpaired) electrons. The first-order valence-corrected chi connectivity index (χ1v) is 12.6. The number of hydrogen-bond acceptors (Lipinski definition) is 6. The van der Waals surface area contributed by atoms with Crippen LogP contribution in [0, 0.1) is 25.6 Å². The van der Waals surface area contributed by atoms with E-state index in [1.807, 2.05) is 13.0 Å². The lowest BCUT2D eigenvalue weighted by Crippen LogP contribution is -2.69. The summed E-state index contributed by atoms with van der Waals surface area (Å²) in [7, 11) is 3.34. The minimum absolute atomic E-state index is 0.0129. The Balaban J connectivity index is 1.63. The Labute approximate surface area is 221 Å². The number of benzene rings is 1. The van der Waals surface area contributed by atoms with Crippen molar-refractivity contribution in [2.75, 3.05) is 17.7 Å². The van der Waals surface area contributed by atoms with Crippen LogP contribution in [-0.2, 0) is 27.9 Å². The van der Waals surface area contributed by atoms with Gasteiger partial charge in [0, 0.05) is 32.4 Å². The van der Waals surface area contributed by atoms with Crippen LogP contribution < -0.4 is 10.6 Å². The molecule has 0 saturated carbocycles. The van der Waals surface area contributed by atoms with E-state index in [-0.39, 0.29) is 30.5 Å². The number of likely N-dealkylation sites (N-methyl/N-ethyl adjacent to an activating group) is 1. The SMILES string of the molecule is CC[C@@H](CC(=O)N1C(=O)[C@H](Cc2cc(C)nc(N)c2)[C@H]1C(=O)N(C)c1cnn(C)c1)c1cccc(F)c1C. The Kier molecular flexibility index (Phi) is 7.61. The van der Waals surface area contributed by atoms with Crippen LogP contribution in [0.2, 0.25) is 0 Å². The van der Waals surface area contributed by atoms with Gasteiger partial charge in [-0.2, -0.15) is 5.10 Å².